The molecule has 1 aliphatic carbocycles. The summed E-state index contributed by atoms with van der Waals surface area (Å²) in [7, 11) is 2.61. The number of imidazole rings is 2. The van der Waals surface area contributed by atoms with E-state index in [0.717, 1.165) is 107 Å². The highest BCUT2D eigenvalue weighted by molar-refractivity contribution is 5.88. The van der Waals surface area contributed by atoms with E-state index in [0.29, 0.717) is 39.1 Å². The van der Waals surface area contributed by atoms with Crippen LogP contribution in [-0.4, -0.2) is 111 Å². The number of aromatic amines is 2. The summed E-state index contributed by atoms with van der Waals surface area (Å²) in [6.07, 6.45) is 8.01. The lowest BCUT2D eigenvalue weighted by molar-refractivity contribution is -0.137. The molecule has 0 unspecified atom stereocenters. The fourth-order valence-corrected chi connectivity index (χ4v) is 10.0. The second kappa shape index (κ2) is 18.4. The topological polar surface area (TPSA) is 197 Å². The predicted octanol–water partition coefficient (Wildman–Crippen LogP) is 7.03. The fourth-order valence-electron chi connectivity index (χ4n) is 10.0. The Morgan fingerprint density at radius 2 is 1.45 bits per heavy atom. The number of hydrogen-bond donors (Lipinski definition) is 4. The highest BCUT2D eigenvalue weighted by Crippen LogP contribution is 2.39. The van der Waals surface area contributed by atoms with Crippen molar-refractivity contribution in [3.8, 4) is 33.8 Å². The van der Waals surface area contributed by atoms with Gasteiger partial charge in [0.05, 0.1) is 48.9 Å². The summed E-state index contributed by atoms with van der Waals surface area (Å²) in [5.74, 6) is 1.13. The highest BCUT2D eigenvalue weighted by atomic mass is 16.5. The molecule has 3 fully saturated rings. The number of ether oxygens (including phenoxy) is 3. The first-order chi connectivity index (χ1) is 31.1. The second-order valence-corrected chi connectivity index (χ2v) is 17.7. The number of methoxy groups -OCH3 is 2. The molecule has 336 valence electrons. The minimum atomic E-state index is -0.691. The molecule has 0 saturated carbocycles. The summed E-state index contributed by atoms with van der Waals surface area (Å²) in [5.41, 5.74) is 8.82. The van der Waals surface area contributed by atoms with Gasteiger partial charge in [-0.15, -0.1) is 0 Å². The number of likely N-dealkylation sites (tertiary alicyclic amines) is 2. The molecule has 0 bridgehead atoms. The lowest BCUT2D eigenvalue weighted by Crippen LogP contribution is -2.53. The molecule has 9 rings (SSSR count). The van der Waals surface area contributed by atoms with Gasteiger partial charge in [0.15, 0.2) is 0 Å². The summed E-state index contributed by atoms with van der Waals surface area (Å²) in [5, 5.41) is 6.54. The average molecular weight is 872 g/mol. The summed E-state index contributed by atoms with van der Waals surface area (Å²) < 4.78 is 15.2. The molecule has 4 amide bonds. The van der Waals surface area contributed by atoms with Gasteiger partial charge in [0.2, 0.25) is 11.8 Å². The maximum atomic E-state index is 14.0. The Hall–Kier alpha value is -6.29. The molecule has 3 aliphatic heterocycles. The number of nitrogens with zero attached hydrogens (tertiary/aromatic N) is 5. The SMILES string of the molecule is COC(=O)N[C@H](C(=O)N1CCC[C@H]1c1nc2c([nH]1)CCCc1cc(-c3ccc4cc(-c5c[nH]c([C@@H]6CCCN6C(=O)[C@@H](NC(=O)OC)C6CCOCC6)n5)ccc4n3)ccc1-2)C(C)C. The summed E-state index contributed by atoms with van der Waals surface area (Å²) >= 11 is 0. The number of aromatic nitrogens is 5. The van der Waals surface area contributed by atoms with E-state index in [1.807, 2.05) is 42.0 Å². The smallest absolute Gasteiger partial charge is 0.407 e. The predicted molar refractivity (Wildman–Crippen MR) is 239 cm³/mol. The van der Waals surface area contributed by atoms with Crippen molar-refractivity contribution in [1.82, 2.24) is 45.4 Å². The third-order valence-electron chi connectivity index (χ3n) is 13.5. The Bertz CT molecular complexity index is 2550. The Morgan fingerprint density at radius 3 is 2.20 bits per heavy atom. The third-order valence-corrected chi connectivity index (χ3v) is 13.5. The first kappa shape index (κ1) is 43.0. The van der Waals surface area contributed by atoms with Crippen LogP contribution in [0.25, 0.3) is 44.7 Å². The molecule has 16 nitrogen and oxygen atoms in total. The number of nitrogens with one attached hydrogen (secondary N) is 4. The maximum absolute atomic E-state index is 14.0. The summed E-state index contributed by atoms with van der Waals surface area (Å²) in [6, 6.07) is 15.0. The quantitative estimate of drug-likeness (QED) is 0.113. The molecule has 3 saturated heterocycles. The standard InChI is InChI=1S/C48H57N9O7/c1-27(2)40(54-47(60)62-3)45(58)57-21-7-11-39(57)44-51-36-9-5-8-29-24-30(12-15-33(29)42(36)53-44)34-16-13-31-25-32(14-17-35(31)50-34)37-26-49-43(52-37)38-10-6-20-56(38)46(59)41(55-48(61)63-4)28-18-22-64-23-19-28/h12-17,24-28,38-41H,5-11,18-23H2,1-4H3,(H,49,52)(H,51,53)(H,54,60)(H,55,61)/t38-,39-,40-,41-/m0/s1. The van der Waals surface area contributed by atoms with Crippen molar-refractivity contribution < 1.29 is 33.4 Å². The van der Waals surface area contributed by atoms with Crippen molar-refractivity contribution >= 4 is 34.9 Å². The van der Waals surface area contributed by atoms with E-state index in [9.17, 15) is 19.2 Å². The van der Waals surface area contributed by atoms with Crippen molar-refractivity contribution in [2.24, 2.45) is 11.8 Å². The van der Waals surface area contributed by atoms with E-state index in [1.54, 1.807) is 0 Å². The van der Waals surface area contributed by atoms with Crippen molar-refractivity contribution in [1.29, 1.82) is 0 Å². The molecule has 0 spiro atoms. The molecular formula is C48H57N9O7. The molecule has 6 heterocycles. The van der Waals surface area contributed by atoms with Crippen molar-refractivity contribution in [2.45, 2.75) is 95.8 Å². The van der Waals surface area contributed by atoms with Gasteiger partial charge in [0.1, 0.15) is 23.7 Å². The molecule has 16 heteroatoms. The monoisotopic (exact) mass is 871 g/mol. The van der Waals surface area contributed by atoms with Gasteiger partial charge in [0, 0.05) is 60.3 Å². The molecule has 5 aromatic rings. The van der Waals surface area contributed by atoms with Gasteiger partial charge in [-0.1, -0.05) is 38.1 Å². The lowest BCUT2D eigenvalue weighted by Gasteiger charge is -2.34. The van der Waals surface area contributed by atoms with Crippen LogP contribution in [0.4, 0.5) is 9.59 Å². The first-order valence-corrected chi connectivity index (χ1v) is 22.7. The minimum Gasteiger partial charge on any atom is -0.453 e. The molecule has 64 heavy (non-hydrogen) atoms. The third kappa shape index (κ3) is 8.54. The van der Waals surface area contributed by atoms with Crippen molar-refractivity contribution in [2.75, 3.05) is 40.5 Å². The minimum absolute atomic E-state index is 0.0329. The van der Waals surface area contributed by atoms with Crippen LogP contribution in [0.3, 0.4) is 0 Å². The number of benzene rings is 2. The van der Waals surface area contributed by atoms with E-state index >= 15 is 0 Å². The number of pyridine rings is 1. The molecular weight excluding hydrogens is 815 g/mol. The molecule has 3 aromatic heterocycles. The van der Waals surface area contributed by atoms with Crippen molar-refractivity contribution in [3.05, 3.63) is 77.6 Å². The van der Waals surface area contributed by atoms with Gasteiger partial charge in [-0.25, -0.2) is 24.5 Å². The number of H-pyrrole nitrogens is 2. The Balaban J connectivity index is 0.910. The number of aryl methyl sites for hydroxylation is 2. The van der Waals surface area contributed by atoms with Gasteiger partial charge in [-0.3, -0.25) is 9.59 Å². The normalized spacial score (nSPS) is 19.8. The maximum Gasteiger partial charge on any atom is 0.407 e. The molecule has 0 radical (unpaired) electrons. The zero-order chi connectivity index (χ0) is 44.5. The van der Waals surface area contributed by atoms with Crippen LogP contribution in [0, 0.1) is 11.8 Å². The van der Waals surface area contributed by atoms with E-state index < -0.39 is 24.3 Å². The Labute approximate surface area is 372 Å². The van der Waals surface area contributed by atoms with Crippen LogP contribution in [0.15, 0.2) is 54.7 Å². The zero-order valence-corrected chi connectivity index (χ0v) is 36.9. The highest BCUT2D eigenvalue weighted by Gasteiger charge is 2.41. The van der Waals surface area contributed by atoms with E-state index in [2.05, 4.69) is 57.0 Å². The number of amides is 4. The first-order valence-electron chi connectivity index (χ1n) is 22.7. The van der Waals surface area contributed by atoms with Crippen LogP contribution in [0.1, 0.15) is 93.8 Å². The fraction of sp³-hybridized carbons (Fsp3) is 0.479. The number of hydrogen-bond acceptors (Lipinski definition) is 10. The number of carbonyl (C=O) groups is 4. The summed E-state index contributed by atoms with van der Waals surface area (Å²) in [4.78, 5) is 78.2. The largest absolute Gasteiger partial charge is 0.453 e. The van der Waals surface area contributed by atoms with Crippen molar-refractivity contribution in [3.63, 3.8) is 0 Å². The van der Waals surface area contributed by atoms with E-state index in [-0.39, 0.29) is 35.7 Å². The molecule has 4 atom stereocenters. The zero-order valence-electron chi connectivity index (χ0n) is 36.9. The average Bonchev–Trinajstić information content (AvgIpc) is 4.16. The number of fused-ring (bicyclic) bond motifs is 4. The van der Waals surface area contributed by atoms with E-state index in [4.69, 9.17) is 29.2 Å². The Morgan fingerprint density at radius 1 is 0.750 bits per heavy atom. The van der Waals surface area contributed by atoms with Gasteiger partial charge >= 0.3 is 12.2 Å². The van der Waals surface area contributed by atoms with E-state index in [1.165, 1.54) is 19.8 Å². The summed E-state index contributed by atoms with van der Waals surface area (Å²) in [6.45, 7) is 6.14. The van der Waals surface area contributed by atoms with Gasteiger partial charge in [-0.2, -0.15) is 0 Å². The molecule has 4 N–H and O–H groups in total. The van der Waals surface area contributed by atoms with Crippen LogP contribution in [0.5, 0.6) is 0 Å². The van der Waals surface area contributed by atoms with Crippen LogP contribution in [0.2, 0.25) is 0 Å². The van der Waals surface area contributed by atoms with Gasteiger partial charge < -0.3 is 44.6 Å². The van der Waals surface area contributed by atoms with Crippen LogP contribution in [-0.2, 0) is 36.6 Å². The van der Waals surface area contributed by atoms with Gasteiger partial charge in [-0.05, 0) is 99.5 Å². The second-order valence-electron chi connectivity index (χ2n) is 17.7. The van der Waals surface area contributed by atoms with Gasteiger partial charge in [0.25, 0.3) is 0 Å². The molecule has 4 aliphatic rings. The molecule has 2 aromatic carbocycles. The number of carbonyl (C=O) groups excluding carboxylic acids is 4. The van der Waals surface area contributed by atoms with Crippen LogP contribution >= 0.6 is 0 Å². The number of rotatable bonds is 10. The number of alkyl carbamates (subject to hydrolysis) is 2. The Kier molecular flexibility index (Phi) is 12.4. The lowest BCUT2D eigenvalue weighted by atomic mass is 9.90. The van der Waals surface area contributed by atoms with Crippen LogP contribution < -0.4 is 10.6 Å².